The lowest BCUT2D eigenvalue weighted by atomic mass is 10.2. The van der Waals surface area contributed by atoms with E-state index in [0.29, 0.717) is 15.0 Å². The highest BCUT2D eigenvalue weighted by Crippen LogP contribution is 2.37. The van der Waals surface area contributed by atoms with Crippen LogP contribution in [0.2, 0.25) is 0 Å². The minimum Gasteiger partial charge on any atom is -0.497 e. The monoisotopic (exact) mass is 345 g/mol. The maximum atomic E-state index is 13.9. The van der Waals surface area contributed by atoms with Crippen LogP contribution in [0.1, 0.15) is 5.56 Å². The molecule has 0 aromatic heterocycles. The molecule has 0 N–H and O–H groups in total. The first kappa shape index (κ1) is 15.7. The first-order chi connectivity index (χ1) is 11.1. The third-order valence-corrected chi connectivity index (χ3v) is 4.58. The Morgan fingerprint density at radius 3 is 2.74 bits per heavy atom. The van der Waals surface area contributed by atoms with Gasteiger partial charge in [0.05, 0.1) is 17.7 Å². The number of ether oxygens (including phenoxy) is 1. The SMILES string of the molecule is COc1cccc(/C=C2/SC(=S)N(c3ccccc3F)C2=O)c1. The minimum atomic E-state index is -0.480. The van der Waals surface area contributed by atoms with E-state index < -0.39 is 5.82 Å². The summed E-state index contributed by atoms with van der Waals surface area (Å²) < 4.78 is 19.4. The Kier molecular flexibility index (Phi) is 4.45. The molecular weight excluding hydrogens is 333 g/mol. The fraction of sp³-hybridized carbons (Fsp3) is 0.0588. The van der Waals surface area contributed by atoms with E-state index in [-0.39, 0.29) is 11.6 Å². The quantitative estimate of drug-likeness (QED) is 0.615. The Balaban J connectivity index is 1.95. The van der Waals surface area contributed by atoms with Crippen LogP contribution in [0.4, 0.5) is 10.1 Å². The van der Waals surface area contributed by atoms with Crippen molar-refractivity contribution < 1.29 is 13.9 Å². The number of nitrogens with zero attached hydrogens (tertiary/aromatic N) is 1. The molecule has 1 aliphatic rings. The summed E-state index contributed by atoms with van der Waals surface area (Å²) in [4.78, 5) is 14.3. The Morgan fingerprint density at radius 2 is 2.00 bits per heavy atom. The zero-order chi connectivity index (χ0) is 16.4. The normalized spacial score (nSPS) is 16.3. The number of carbonyl (C=O) groups is 1. The zero-order valence-electron chi connectivity index (χ0n) is 12.2. The molecular formula is C17H12FNO2S2. The van der Waals surface area contributed by atoms with Crippen molar-refractivity contribution in [2.45, 2.75) is 0 Å². The van der Waals surface area contributed by atoms with Crippen molar-refractivity contribution in [2.75, 3.05) is 12.0 Å². The number of amides is 1. The van der Waals surface area contributed by atoms with Crippen molar-refractivity contribution in [2.24, 2.45) is 0 Å². The van der Waals surface area contributed by atoms with E-state index >= 15 is 0 Å². The molecule has 1 saturated heterocycles. The number of carbonyl (C=O) groups excluding carboxylic acids is 1. The van der Waals surface area contributed by atoms with Gasteiger partial charge in [-0.1, -0.05) is 48.2 Å². The van der Waals surface area contributed by atoms with E-state index in [9.17, 15) is 9.18 Å². The van der Waals surface area contributed by atoms with Gasteiger partial charge in [-0.05, 0) is 35.9 Å². The Bertz CT molecular complexity index is 820. The fourth-order valence-corrected chi connectivity index (χ4v) is 3.48. The van der Waals surface area contributed by atoms with E-state index in [1.807, 2.05) is 24.3 Å². The highest BCUT2D eigenvalue weighted by Gasteiger charge is 2.34. The van der Waals surface area contributed by atoms with Gasteiger partial charge >= 0.3 is 0 Å². The maximum Gasteiger partial charge on any atom is 0.270 e. The number of methoxy groups -OCH3 is 1. The second-order valence-electron chi connectivity index (χ2n) is 4.75. The molecule has 0 spiro atoms. The molecule has 2 aromatic rings. The molecule has 1 aliphatic heterocycles. The van der Waals surface area contributed by atoms with E-state index in [4.69, 9.17) is 17.0 Å². The number of thiocarbonyl (C=S) groups is 1. The summed E-state index contributed by atoms with van der Waals surface area (Å²) in [7, 11) is 1.58. The van der Waals surface area contributed by atoms with Crippen LogP contribution >= 0.6 is 24.0 Å². The lowest BCUT2D eigenvalue weighted by Crippen LogP contribution is -2.28. The van der Waals surface area contributed by atoms with Crippen LogP contribution in [0.25, 0.3) is 6.08 Å². The first-order valence-corrected chi connectivity index (χ1v) is 7.99. The first-order valence-electron chi connectivity index (χ1n) is 6.76. The molecule has 0 aliphatic carbocycles. The molecule has 0 radical (unpaired) electrons. The molecule has 23 heavy (non-hydrogen) atoms. The number of hydrogen-bond acceptors (Lipinski definition) is 4. The Morgan fingerprint density at radius 1 is 1.22 bits per heavy atom. The Labute approximate surface area is 142 Å². The minimum absolute atomic E-state index is 0.170. The van der Waals surface area contributed by atoms with Crippen molar-refractivity contribution >= 4 is 46.0 Å². The van der Waals surface area contributed by atoms with Crippen molar-refractivity contribution in [1.29, 1.82) is 0 Å². The number of rotatable bonds is 3. The van der Waals surface area contributed by atoms with E-state index in [1.165, 1.54) is 17.0 Å². The molecule has 0 unspecified atom stereocenters. The lowest BCUT2D eigenvalue weighted by molar-refractivity contribution is -0.113. The average molecular weight is 345 g/mol. The number of hydrogen-bond donors (Lipinski definition) is 0. The predicted octanol–water partition coefficient (Wildman–Crippen LogP) is 4.24. The highest BCUT2D eigenvalue weighted by molar-refractivity contribution is 8.27. The molecule has 1 amide bonds. The largest absolute Gasteiger partial charge is 0.497 e. The number of anilines is 1. The Hall–Kier alpha value is -2.18. The van der Waals surface area contributed by atoms with Crippen molar-refractivity contribution in [3.63, 3.8) is 0 Å². The van der Waals surface area contributed by atoms with Gasteiger partial charge in [-0.3, -0.25) is 9.69 Å². The smallest absolute Gasteiger partial charge is 0.270 e. The second kappa shape index (κ2) is 6.52. The number of benzene rings is 2. The van der Waals surface area contributed by atoms with Gasteiger partial charge in [-0.25, -0.2) is 4.39 Å². The third kappa shape index (κ3) is 3.13. The molecule has 2 aromatic carbocycles. The van der Waals surface area contributed by atoms with Crippen LogP contribution in [-0.2, 0) is 4.79 Å². The van der Waals surface area contributed by atoms with Gasteiger partial charge in [-0.15, -0.1) is 0 Å². The van der Waals surface area contributed by atoms with Gasteiger partial charge in [0.15, 0.2) is 4.32 Å². The van der Waals surface area contributed by atoms with Crippen LogP contribution in [0.15, 0.2) is 53.4 Å². The summed E-state index contributed by atoms with van der Waals surface area (Å²) in [6, 6.07) is 13.4. The van der Waals surface area contributed by atoms with Gasteiger partial charge in [0.2, 0.25) is 0 Å². The van der Waals surface area contributed by atoms with Gasteiger partial charge in [0, 0.05) is 0 Å². The standard InChI is InChI=1S/C17H12FNO2S2/c1-21-12-6-4-5-11(9-12)10-15-16(20)19(17(22)23-15)14-8-3-2-7-13(14)18/h2-10H,1H3/b15-10+. The number of para-hydroxylation sites is 1. The van der Waals surface area contributed by atoms with E-state index in [0.717, 1.165) is 17.3 Å². The van der Waals surface area contributed by atoms with Gasteiger partial charge in [-0.2, -0.15) is 0 Å². The molecule has 0 saturated carbocycles. The number of thioether (sulfide) groups is 1. The van der Waals surface area contributed by atoms with E-state index in [1.54, 1.807) is 25.3 Å². The molecule has 1 fully saturated rings. The number of halogens is 1. The predicted molar refractivity (Wildman–Crippen MR) is 95.0 cm³/mol. The van der Waals surface area contributed by atoms with Crippen molar-refractivity contribution in [3.8, 4) is 5.75 Å². The summed E-state index contributed by atoms with van der Waals surface area (Å²) in [6.45, 7) is 0. The molecule has 0 atom stereocenters. The molecule has 1 heterocycles. The summed E-state index contributed by atoms with van der Waals surface area (Å²) in [5.74, 6) is -0.109. The molecule has 3 nitrogen and oxygen atoms in total. The van der Waals surface area contributed by atoms with Gasteiger partial charge in [0.1, 0.15) is 11.6 Å². The average Bonchev–Trinajstić information content (AvgIpc) is 2.82. The second-order valence-corrected chi connectivity index (χ2v) is 6.42. The lowest BCUT2D eigenvalue weighted by Gasteiger charge is -2.14. The van der Waals surface area contributed by atoms with E-state index in [2.05, 4.69) is 0 Å². The molecule has 116 valence electrons. The van der Waals surface area contributed by atoms with Crippen LogP contribution in [0.5, 0.6) is 5.75 Å². The summed E-state index contributed by atoms with van der Waals surface area (Å²) >= 11 is 6.39. The van der Waals surface area contributed by atoms with Gasteiger partial charge < -0.3 is 4.74 Å². The summed E-state index contributed by atoms with van der Waals surface area (Å²) in [5.41, 5.74) is 0.988. The topological polar surface area (TPSA) is 29.5 Å². The highest BCUT2D eigenvalue weighted by atomic mass is 32.2. The zero-order valence-corrected chi connectivity index (χ0v) is 13.8. The van der Waals surface area contributed by atoms with Gasteiger partial charge in [0.25, 0.3) is 5.91 Å². The summed E-state index contributed by atoms with van der Waals surface area (Å²) in [6.07, 6.45) is 1.72. The fourth-order valence-electron chi connectivity index (χ4n) is 2.19. The third-order valence-electron chi connectivity index (χ3n) is 3.28. The summed E-state index contributed by atoms with van der Waals surface area (Å²) in [5, 5.41) is 0. The van der Waals surface area contributed by atoms with Crippen LogP contribution in [-0.4, -0.2) is 17.3 Å². The molecule has 6 heteroatoms. The molecule has 0 bridgehead atoms. The van der Waals surface area contributed by atoms with Crippen molar-refractivity contribution in [3.05, 3.63) is 64.8 Å². The van der Waals surface area contributed by atoms with Crippen LogP contribution in [0.3, 0.4) is 0 Å². The maximum absolute atomic E-state index is 13.9. The van der Waals surface area contributed by atoms with Crippen LogP contribution < -0.4 is 9.64 Å². The van der Waals surface area contributed by atoms with Crippen LogP contribution in [0, 0.1) is 5.82 Å². The molecule has 3 rings (SSSR count). The van der Waals surface area contributed by atoms with Crippen molar-refractivity contribution in [1.82, 2.24) is 0 Å².